The van der Waals surface area contributed by atoms with Crippen molar-refractivity contribution in [2.24, 2.45) is 5.92 Å². The molecule has 1 N–H and O–H groups in total. The number of hydrogen-bond donors (Lipinski definition) is 1. The number of carbonyl (C=O) groups excluding carboxylic acids is 4. The van der Waals surface area contributed by atoms with Gasteiger partial charge in [-0.05, 0) is 43.2 Å². The fraction of sp³-hybridized carbons (Fsp3) is 0.312. The lowest BCUT2D eigenvalue weighted by Crippen LogP contribution is -2.59. The van der Waals surface area contributed by atoms with Crippen LogP contribution in [0.4, 0.5) is 20.2 Å². The first kappa shape index (κ1) is 32.4. The van der Waals surface area contributed by atoms with E-state index in [1.165, 1.54) is 22.8 Å². The average molecular weight is 598 g/mol. The molecule has 3 amide bonds. The van der Waals surface area contributed by atoms with Crippen molar-refractivity contribution in [3.05, 3.63) is 95.6 Å². The molecule has 0 radical (unpaired) electrons. The molecule has 0 saturated heterocycles. The molecule has 0 aromatic heterocycles. The molecule has 222 valence electrons. The molecule has 0 saturated carbocycles. The Bertz CT molecular complexity index is 1450. The lowest BCUT2D eigenvalue weighted by Gasteiger charge is -2.34. The Morgan fingerprint density at radius 3 is 2.05 bits per heavy atom. The predicted molar refractivity (Wildman–Crippen MR) is 159 cm³/mol. The van der Waals surface area contributed by atoms with E-state index in [4.69, 9.17) is 0 Å². The smallest absolute Gasteiger partial charge is 0.252 e. The Morgan fingerprint density at radius 2 is 1.48 bits per heavy atom. The normalized spacial score (nSPS) is 17.8. The lowest BCUT2D eigenvalue weighted by molar-refractivity contribution is -0.131. The summed E-state index contributed by atoms with van der Waals surface area (Å²) in [6.45, 7) is 6.60. The van der Waals surface area contributed by atoms with Gasteiger partial charge in [-0.3, -0.25) is 24.1 Å². The summed E-state index contributed by atoms with van der Waals surface area (Å²) in [6.07, 6.45) is -0.0965. The minimum atomic E-state index is -1.31. The van der Waals surface area contributed by atoms with Crippen molar-refractivity contribution in [1.29, 1.82) is 0 Å². The first-order valence-corrected chi connectivity index (χ1v) is 13.6. The molecule has 7 nitrogen and oxygen atoms in total. The van der Waals surface area contributed by atoms with Gasteiger partial charge in [-0.15, -0.1) is 12.4 Å². The van der Waals surface area contributed by atoms with Gasteiger partial charge in [-0.1, -0.05) is 62.4 Å². The quantitative estimate of drug-likeness (QED) is 0.368. The van der Waals surface area contributed by atoms with Crippen LogP contribution in [0.5, 0.6) is 0 Å². The monoisotopic (exact) mass is 597 g/mol. The Balaban J connectivity index is 0.00000484. The molecule has 1 aliphatic heterocycles. The zero-order chi connectivity index (χ0) is 29.8. The molecular formula is C32H34ClF2N3O4. The Hall–Kier alpha value is -4.11. The van der Waals surface area contributed by atoms with Crippen LogP contribution in [-0.2, 0) is 25.6 Å². The second-order valence-electron chi connectivity index (χ2n) is 10.3. The number of rotatable bonds is 8. The number of ketones is 1. The number of hydrogen-bond acceptors (Lipinski definition) is 4. The van der Waals surface area contributed by atoms with E-state index in [0.29, 0.717) is 17.7 Å². The van der Waals surface area contributed by atoms with E-state index < -0.39 is 59.4 Å². The number of nitrogens with zero attached hydrogens (tertiary/aromatic N) is 2. The Morgan fingerprint density at radius 1 is 0.905 bits per heavy atom. The second kappa shape index (κ2) is 13.7. The van der Waals surface area contributed by atoms with Crippen LogP contribution in [0.15, 0.2) is 72.8 Å². The van der Waals surface area contributed by atoms with Crippen LogP contribution in [0.25, 0.3) is 0 Å². The summed E-state index contributed by atoms with van der Waals surface area (Å²) >= 11 is 0. The highest BCUT2D eigenvalue weighted by Gasteiger charge is 2.45. The number of Topliss-reactive ketones (excluding diaryl/α,β-unsaturated/α-hetero) is 1. The molecule has 0 bridgehead atoms. The van der Waals surface area contributed by atoms with Crippen molar-refractivity contribution < 1.29 is 28.0 Å². The van der Waals surface area contributed by atoms with Crippen molar-refractivity contribution >= 4 is 47.3 Å². The highest BCUT2D eigenvalue weighted by Crippen LogP contribution is 2.40. The SMILES string of the molecule is CC[C@@H](C)C(=O)N[C@@H]1C(=O)N(C(C(=O)Cc2c(F)cccc2F)c2ccccc2)c2ccccc2N(C(C)=O)[C@H]1C.Cl. The fourth-order valence-corrected chi connectivity index (χ4v) is 5.19. The van der Waals surface area contributed by atoms with Crippen LogP contribution in [0.3, 0.4) is 0 Å². The second-order valence-corrected chi connectivity index (χ2v) is 10.3. The van der Waals surface area contributed by atoms with E-state index in [0.717, 1.165) is 12.1 Å². The molecule has 1 heterocycles. The maximum atomic E-state index is 14.6. The maximum absolute atomic E-state index is 14.6. The molecule has 10 heteroatoms. The van der Waals surface area contributed by atoms with Gasteiger partial charge >= 0.3 is 0 Å². The topological polar surface area (TPSA) is 86.8 Å². The zero-order valence-corrected chi connectivity index (χ0v) is 24.7. The summed E-state index contributed by atoms with van der Waals surface area (Å²) in [4.78, 5) is 57.3. The van der Waals surface area contributed by atoms with Crippen molar-refractivity contribution in [3.63, 3.8) is 0 Å². The van der Waals surface area contributed by atoms with Crippen molar-refractivity contribution in [2.45, 2.75) is 58.7 Å². The van der Waals surface area contributed by atoms with Gasteiger partial charge in [0.2, 0.25) is 11.8 Å². The van der Waals surface area contributed by atoms with Crippen molar-refractivity contribution in [2.75, 3.05) is 9.80 Å². The predicted octanol–water partition coefficient (Wildman–Crippen LogP) is 5.56. The van der Waals surface area contributed by atoms with E-state index in [1.54, 1.807) is 68.4 Å². The number of amides is 3. The molecular weight excluding hydrogens is 564 g/mol. The minimum Gasteiger partial charge on any atom is -0.342 e. The molecule has 1 unspecified atom stereocenters. The summed E-state index contributed by atoms with van der Waals surface area (Å²) in [5, 5.41) is 2.82. The number of benzene rings is 3. The van der Waals surface area contributed by atoms with Gasteiger partial charge < -0.3 is 10.2 Å². The number of para-hydroxylation sites is 2. The number of halogens is 3. The van der Waals surface area contributed by atoms with Crippen LogP contribution in [0, 0.1) is 17.6 Å². The van der Waals surface area contributed by atoms with Gasteiger partial charge in [0.05, 0.1) is 17.4 Å². The zero-order valence-electron chi connectivity index (χ0n) is 23.8. The highest BCUT2D eigenvalue weighted by atomic mass is 35.5. The number of fused-ring (bicyclic) bond motifs is 1. The third-order valence-corrected chi connectivity index (χ3v) is 7.58. The summed E-state index contributed by atoms with van der Waals surface area (Å²) in [5.41, 5.74) is 0.630. The largest absolute Gasteiger partial charge is 0.342 e. The third kappa shape index (κ3) is 6.36. The molecule has 3 aromatic carbocycles. The first-order valence-electron chi connectivity index (χ1n) is 13.6. The van der Waals surface area contributed by atoms with Crippen LogP contribution < -0.4 is 15.1 Å². The van der Waals surface area contributed by atoms with Gasteiger partial charge in [-0.2, -0.15) is 0 Å². The van der Waals surface area contributed by atoms with E-state index in [2.05, 4.69) is 5.32 Å². The number of anilines is 2. The first-order chi connectivity index (χ1) is 19.6. The van der Waals surface area contributed by atoms with Crippen molar-refractivity contribution in [1.82, 2.24) is 5.32 Å². The van der Waals surface area contributed by atoms with Crippen LogP contribution in [0.1, 0.15) is 51.3 Å². The summed E-state index contributed by atoms with van der Waals surface area (Å²) in [5.74, 6) is -4.15. The minimum absolute atomic E-state index is 0. The van der Waals surface area contributed by atoms with Gasteiger partial charge in [0.15, 0.2) is 5.78 Å². The van der Waals surface area contributed by atoms with Gasteiger partial charge in [-0.25, -0.2) is 8.78 Å². The maximum Gasteiger partial charge on any atom is 0.252 e. The van der Waals surface area contributed by atoms with E-state index in [9.17, 15) is 28.0 Å². The fourth-order valence-electron chi connectivity index (χ4n) is 5.19. The van der Waals surface area contributed by atoms with E-state index >= 15 is 0 Å². The van der Waals surface area contributed by atoms with Gasteiger partial charge in [0.25, 0.3) is 5.91 Å². The summed E-state index contributed by atoms with van der Waals surface area (Å²) in [6, 6.07) is 15.1. The third-order valence-electron chi connectivity index (χ3n) is 7.58. The van der Waals surface area contributed by atoms with E-state index in [1.807, 2.05) is 6.92 Å². The lowest BCUT2D eigenvalue weighted by atomic mass is 9.94. The van der Waals surface area contributed by atoms with Crippen molar-refractivity contribution in [3.8, 4) is 0 Å². The Labute approximate surface area is 250 Å². The molecule has 3 aromatic rings. The molecule has 4 atom stereocenters. The Kier molecular flexibility index (Phi) is 10.6. The summed E-state index contributed by atoms with van der Waals surface area (Å²) in [7, 11) is 0. The summed E-state index contributed by atoms with van der Waals surface area (Å²) < 4.78 is 29.3. The van der Waals surface area contributed by atoms with Crippen LogP contribution in [-0.4, -0.2) is 35.6 Å². The van der Waals surface area contributed by atoms with Gasteiger partial charge in [0.1, 0.15) is 23.7 Å². The average Bonchev–Trinajstić information content (AvgIpc) is 3.04. The van der Waals surface area contributed by atoms with Crippen LogP contribution >= 0.6 is 12.4 Å². The van der Waals surface area contributed by atoms with Gasteiger partial charge in [0, 0.05) is 24.8 Å². The molecule has 42 heavy (non-hydrogen) atoms. The highest BCUT2D eigenvalue weighted by molar-refractivity contribution is 6.12. The molecule has 0 aliphatic carbocycles. The molecule has 1 aliphatic rings. The van der Waals surface area contributed by atoms with E-state index in [-0.39, 0.29) is 29.9 Å². The number of nitrogens with one attached hydrogen (secondary N) is 1. The standard InChI is InChI=1S/C32H33F2N3O4.ClH/c1-5-19(2)31(40)35-29-20(3)36(21(4)38)26-16-9-10-17-27(26)37(32(29)41)30(22-12-7-6-8-13-22)28(39)18-23-24(33)14-11-15-25(23)34;/h6-17,19-20,29-30H,5,18H2,1-4H3,(H,35,40);1H/t19-,20+,29+,30?;/m1./s1. The van der Waals surface area contributed by atoms with Crippen LogP contribution in [0.2, 0.25) is 0 Å². The molecule has 0 spiro atoms. The number of carbonyl (C=O) groups is 4. The molecule has 0 fully saturated rings. The molecule has 4 rings (SSSR count).